The van der Waals surface area contributed by atoms with Gasteiger partial charge >= 0.3 is 0 Å². The fraction of sp³-hybridized carbons (Fsp3) is 0.679. The van der Waals surface area contributed by atoms with E-state index in [-0.39, 0.29) is 30.1 Å². The zero-order valence-electron chi connectivity index (χ0n) is 20.6. The number of halogens is 3. The number of alkyl halides is 2. The molecule has 0 aromatic heterocycles. The van der Waals surface area contributed by atoms with Crippen LogP contribution in [0.5, 0.6) is 0 Å². The first kappa shape index (κ1) is 25.3. The summed E-state index contributed by atoms with van der Waals surface area (Å²) in [5.41, 5.74) is -1.26. The van der Waals surface area contributed by atoms with Crippen molar-refractivity contribution in [3.05, 3.63) is 35.6 Å². The van der Waals surface area contributed by atoms with E-state index in [1.165, 1.54) is 25.0 Å². The molecule has 8 heteroatoms. The molecule has 1 amide bonds. The Morgan fingerprint density at radius 2 is 1.81 bits per heavy atom. The highest BCUT2D eigenvalue weighted by atomic mass is 19.3. The second-order valence-electron chi connectivity index (χ2n) is 11.7. The second-order valence-corrected chi connectivity index (χ2v) is 11.7. The molecule has 0 unspecified atom stereocenters. The number of hydrogen-bond acceptors (Lipinski definition) is 4. The normalized spacial score (nSPS) is 23.9. The Balaban J connectivity index is 1.20. The third kappa shape index (κ3) is 5.32. The van der Waals surface area contributed by atoms with E-state index in [4.69, 9.17) is 0 Å². The summed E-state index contributed by atoms with van der Waals surface area (Å²) in [6.45, 7) is 2.14. The highest BCUT2D eigenvalue weighted by Crippen LogP contribution is 2.53. The number of nitrogens with one attached hydrogen (secondary N) is 1. The van der Waals surface area contributed by atoms with Crippen LogP contribution in [0, 0.1) is 33.9 Å². The summed E-state index contributed by atoms with van der Waals surface area (Å²) in [4.78, 5) is 28.7. The van der Waals surface area contributed by atoms with E-state index in [9.17, 15) is 28.0 Å². The van der Waals surface area contributed by atoms with Gasteiger partial charge in [0.05, 0.1) is 23.1 Å². The summed E-state index contributed by atoms with van der Waals surface area (Å²) in [5, 5.41) is 12.1. The van der Waals surface area contributed by atoms with Gasteiger partial charge in [0.25, 0.3) is 5.92 Å². The van der Waals surface area contributed by atoms with Gasteiger partial charge < -0.3 is 10.2 Å². The molecule has 1 saturated heterocycles. The number of nitrogens with zero attached hydrogens (tertiary/aromatic N) is 2. The zero-order chi connectivity index (χ0) is 25.6. The minimum absolute atomic E-state index is 0.0503. The van der Waals surface area contributed by atoms with Crippen LogP contribution in [0.1, 0.15) is 76.2 Å². The van der Waals surface area contributed by atoms with E-state index in [0.29, 0.717) is 12.8 Å². The fourth-order valence-electron chi connectivity index (χ4n) is 6.14. The zero-order valence-corrected chi connectivity index (χ0v) is 20.6. The Bertz CT molecular complexity index is 1040. The van der Waals surface area contributed by atoms with E-state index >= 15 is 0 Å². The lowest BCUT2D eigenvalue weighted by molar-refractivity contribution is -0.138. The lowest BCUT2D eigenvalue weighted by Gasteiger charge is -2.52. The van der Waals surface area contributed by atoms with Crippen molar-refractivity contribution in [2.24, 2.45) is 16.7 Å². The van der Waals surface area contributed by atoms with Gasteiger partial charge in [0.2, 0.25) is 5.91 Å². The van der Waals surface area contributed by atoms with Crippen LogP contribution >= 0.6 is 0 Å². The van der Waals surface area contributed by atoms with Crippen molar-refractivity contribution < 1.29 is 22.8 Å². The van der Waals surface area contributed by atoms with Crippen molar-refractivity contribution in [3.63, 3.8) is 0 Å². The summed E-state index contributed by atoms with van der Waals surface area (Å²) in [6.07, 6.45) is 6.35. The number of Topliss-reactive ketones (excluding diaryl/α,β-unsaturated/α-hetero) is 1. The second kappa shape index (κ2) is 9.48. The summed E-state index contributed by atoms with van der Waals surface area (Å²) < 4.78 is 43.7. The number of piperidine rings is 1. The van der Waals surface area contributed by atoms with Crippen molar-refractivity contribution in [1.82, 2.24) is 10.2 Å². The van der Waals surface area contributed by atoms with Crippen molar-refractivity contribution in [2.75, 3.05) is 13.1 Å². The summed E-state index contributed by atoms with van der Waals surface area (Å²) in [7, 11) is 0. The van der Waals surface area contributed by atoms with Gasteiger partial charge in [0.1, 0.15) is 5.82 Å². The summed E-state index contributed by atoms with van der Waals surface area (Å²) in [6, 6.07) is 6.53. The van der Waals surface area contributed by atoms with Gasteiger partial charge in [-0.3, -0.25) is 9.59 Å². The average Bonchev–Trinajstić information content (AvgIpc) is 3.76. The molecule has 5 nitrogen and oxygen atoms in total. The van der Waals surface area contributed by atoms with Crippen molar-refractivity contribution in [2.45, 2.75) is 88.6 Å². The van der Waals surface area contributed by atoms with E-state index in [2.05, 4.69) is 16.3 Å². The molecule has 1 N–H and O–H groups in total. The number of carbonyl (C=O) groups is 2. The molecule has 1 aromatic carbocycles. The van der Waals surface area contributed by atoms with Gasteiger partial charge in [-0.15, -0.1) is 0 Å². The van der Waals surface area contributed by atoms with E-state index in [1.54, 1.807) is 0 Å². The monoisotopic (exact) mass is 501 g/mol. The topological polar surface area (TPSA) is 73.2 Å². The maximum Gasteiger partial charge on any atom is 0.276 e. The quantitative estimate of drug-likeness (QED) is 0.484. The lowest BCUT2D eigenvalue weighted by Crippen LogP contribution is -2.53. The van der Waals surface area contributed by atoms with Crippen molar-refractivity contribution in [1.29, 1.82) is 5.26 Å². The number of nitriles is 1. The smallest absolute Gasteiger partial charge is 0.276 e. The first-order valence-corrected chi connectivity index (χ1v) is 13.3. The molecular weight excluding hydrogens is 467 g/mol. The van der Waals surface area contributed by atoms with Crippen LogP contribution in [0.15, 0.2) is 24.3 Å². The minimum atomic E-state index is -3.48. The number of hydrogen-bond donors (Lipinski definition) is 1. The van der Waals surface area contributed by atoms with Gasteiger partial charge in [-0.05, 0) is 82.4 Å². The standard InChI is InChI=1S/C28H34F3N3O2/c29-22-4-2-1-3-21(22)28(30,31)8-7-23(24(35)17-27(18-32)9-10-27)33-25(36)19-15-26(16-19)11-13-34(14-12-26)20-5-6-20/h1-4,19-20,23H,5-17H2,(H,33,36)/t23-/m0/s1. The number of ketones is 1. The van der Waals surface area contributed by atoms with Crippen molar-refractivity contribution in [3.8, 4) is 6.07 Å². The molecule has 1 aliphatic heterocycles. The first-order valence-electron chi connectivity index (χ1n) is 13.3. The highest BCUT2D eigenvalue weighted by Gasteiger charge is 2.51. The molecule has 0 radical (unpaired) electrons. The molecule has 4 fully saturated rings. The van der Waals surface area contributed by atoms with Gasteiger partial charge in [-0.2, -0.15) is 5.26 Å². The predicted molar refractivity (Wildman–Crippen MR) is 127 cm³/mol. The third-order valence-corrected chi connectivity index (χ3v) is 8.97. The Morgan fingerprint density at radius 3 is 2.39 bits per heavy atom. The summed E-state index contributed by atoms with van der Waals surface area (Å²) in [5.74, 6) is -5.34. The lowest BCUT2D eigenvalue weighted by atomic mass is 9.57. The molecule has 5 rings (SSSR count). The Kier molecular flexibility index (Phi) is 6.65. The molecule has 4 aliphatic rings. The van der Waals surface area contributed by atoms with E-state index in [0.717, 1.165) is 56.9 Å². The molecule has 1 spiro atoms. The van der Waals surface area contributed by atoms with E-state index in [1.807, 2.05) is 0 Å². The largest absolute Gasteiger partial charge is 0.346 e. The van der Waals surface area contributed by atoms with Crippen LogP contribution < -0.4 is 5.32 Å². The molecule has 3 aliphatic carbocycles. The van der Waals surface area contributed by atoms with E-state index < -0.39 is 41.0 Å². The van der Waals surface area contributed by atoms with Crippen LogP contribution in [0.25, 0.3) is 0 Å². The van der Waals surface area contributed by atoms with Gasteiger partial charge in [0, 0.05) is 24.8 Å². The van der Waals surface area contributed by atoms with Crippen LogP contribution in [-0.2, 0) is 15.5 Å². The van der Waals surface area contributed by atoms with Gasteiger partial charge in [-0.1, -0.05) is 18.2 Å². The molecule has 0 bridgehead atoms. The third-order valence-electron chi connectivity index (χ3n) is 8.97. The van der Waals surface area contributed by atoms with Crippen molar-refractivity contribution >= 4 is 11.7 Å². The molecule has 1 atom stereocenters. The molecular formula is C28H34F3N3O2. The number of rotatable bonds is 10. The minimum Gasteiger partial charge on any atom is -0.346 e. The Labute approximate surface area is 210 Å². The maximum absolute atomic E-state index is 14.8. The number of carbonyl (C=O) groups excluding carboxylic acids is 2. The van der Waals surface area contributed by atoms with Gasteiger partial charge in [-0.25, -0.2) is 13.2 Å². The van der Waals surface area contributed by atoms with Crippen LogP contribution in [0.3, 0.4) is 0 Å². The molecule has 194 valence electrons. The fourth-order valence-corrected chi connectivity index (χ4v) is 6.14. The Morgan fingerprint density at radius 1 is 1.14 bits per heavy atom. The number of likely N-dealkylation sites (tertiary alicyclic amines) is 1. The Hall–Kier alpha value is -2.40. The number of benzene rings is 1. The predicted octanol–water partition coefficient (Wildman–Crippen LogP) is 5.10. The SMILES string of the molecule is N#CC1(CC(=O)[C@H](CCC(F)(F)c2ccccc2F)NC(=O)C2CC3(CCN(C4CC4)CC3)C2)CC1. The number of amides is 1. The molecule has 1 heterocycles. The van der Waals surface area contributed by atoms with Crippen LogP contribution in [-0.4, -0.2) is 41.8 Å². The molecule has 3 saturated carbocycles. The van der Waals surface area contributed by atoms with Crippen LogP contribution in [0.2, 0.25) is 0 Å². The molecule has 36 heavy (non-hydrogen) atoms. The van der Waals surface area contributed by atoms with Gasteiger partial charge in [0.15, 0.2) is 5.78 Å². The first-order chi connectivity index (χ1) is 17.1. The molecule has 1 aromatic rings. The van der Waals surface area contributed by atoms with Crippen LogP contribution in [0.4, 0.5) is 13.2 Å². The highest BCUT2D eigenvalue weighted by molar-refractivity contribution is 5.91. The maximum atomic E-state index is 14.8. The average molecular weight is 502 g/mol. The summed E-state index contributed by atoms with van der Waals surface area (Å²) >= 11 is 0.